The molecule has 2 N–H and O–H groups in total. The van der Waals surface area contributed by atoms with Crippen LogP contribution in [0.4, 0.5) is 18.9 Å². The number of aryl methyl sites for hydroxylation is 1. The summed E-state index contributed by atoms with van der Waals surface area (Å²) in [6.45, 7) is 5.12. The average Bonchev–Trinajstić information content (AvgIpc) is 2.91. The minimum atomic E-state index is -4.85. The van der Waals surface area contributed by atoms with Gasteiger partial charge in [0.25, 0.3) is 15.9 Å². The Labute approximate surface area is 246 Å². The number of nitrogens with zero attached hydrogens (tertiary/aromatic N) is 1. The Morgan fingerprint density at radius 3 is 2.37 bits per heavy atom. The van der Waals surface area contributed by atoms with Crippen LogP contribution in [0.3, 0.4) is 0 Å². The molecule has 0 aromatic heterocycles. The highest BCUT2D eigenvalue weighted by Gasteiger charge is 2.34. The van der Waals surface area contributed by atoms with Gasteiger partial charge in [0.1, 0.15) is 5.75 Å². The Kier molecular flexibility index (Phi) is 9.73. The summed E-state index contributed by atoms with van der Waals surface area (Å²) < 4.78 is 74.1. The number of carbonyl (C=O) groups is 1. The quantitative estimate of drug-likeness (QED) is 0.263. The monoisotopic (exact) mass is 629 g/mol. The number of benzene rings is 3. The van der Waals surface area contributed by atoms with E-state index in [9.17, 15) is 26.4 Å². The first kappa shape index (κ1) is 31.0. The number of carbonyl (C=O) groups excluding carboxylic acids is 1. The van der Waals surface area contributed by atoms with Gasteiger partial charge in [0.05, 0.1) is 21.2 Å². The zero-order valence-electron chi connectivity index (χ0n) is 22.0. The van der Waals surface area contributed by atoms with Gasteiger partial charge < -0.3 is 15.0 Å². The third kappa shape index (κ3) is 8.06. The minimum absolute atomic E-state index is 0.0461. The number of amides is 1. The number of nitrogens with one attached hydrogen (secondary N) is 2. The SMILES string of the molecule is Cc1cc(C(=O)NCCN2CCCCC2)ccc1Oc1ccc(Cl)cc1NS(=O)(=O)c1ccc(Cl)c(C(F)(F)F)c1. The number of piperidine rings is 1. The molecule has 3 aromatic rings. The highest BCUT2D eigenvalue weighted by atomic mass is 35.5. The van der Waals surface area contributed by atoms with Crippen LogP contribution in [0.2, 0.25) is 10.0 Å². The topological polar surface area (TPSA) is 87.7 Å². The first-order valence-electron chi connectivity index (χ1n) is 12.8. The third-order valence-electron chi connectivity index (χ3n) is 6.56. The van der Waals surface area contributed by atoms with Crippen molar-refractivity contribution >= 4 is 44.8 Å². The van der Waals surface area contributed by atoms with Crippen molar-refractivity contribution in [3.8, 4) is 11.5 Å². The molecule has 7 nitrogen and oxygen atoms in total. The molecule has 1 saturated heterocycles. The number of hydrogen-bond acceptors (Lipinski definition) is 5. The molecule has 220 valence electrons. The lowest BCUT2D eigenvalue weighted by Gasteiger charge is -2.26. The van der Waals surface area contributed by atoms with E-state index in [1.807, 2.05) is 0 Å². The lowest BCUT2D eigenvalue weighted by molar-refractivity contribution is -0.137. The van der Waals surface area contributed by atoms with Crippen LogP contribution < -0.4 is 14.8 Å². The minimum Gasteiger partial charge on any atom is -0.455 e. The van der Waals surface area contributed by atoms with Gasteiger partial charge in [0.2, 0.25) is 0 Å². The molecule has 13 heteroatoms. The molecule has 1 aliphatic heterocycles. The summed E-state index contributed by atoms with van der Waals surface area (Å²) in [5.74, 6) is 0.158. The van der Waals surface area contributed by atoms with Gasteiger partial charge in [-0.15, -0.1) is 0 Å². The van der Waals surface area contributed by atoms with Gasteiger partial charge in [-0.05, 0) is 93.0 Å². The zero-order chi connectivity index (χ0) is 29.8. The lowest BCUT2D eigenvalue weighted by Crippen LogP contribution is -2.37. The molecule has 0 aliphatic carbocycles. The molecule has 0 atom stereocenters. The van der Waals surface area contributed by atoms with Crippen molar-refractivity contribution in [3.05, 3.63) is 81.3 Å². The van der Waals surface area contributed by atoms with Crippen molar-refractivity contribution in [1.29, 1.82) is 0 Å². The smallest absolute Gasteiger partial charge is 0.417 e. The van der Waals surface area contributed by atoms with Crippen molar-refractivity contribution in [2.75, 3.05) is 30.9 Å². The average molecular weight is 631 g/mol. The first-order chi connectivity index (χ1) is 19.3. The van der Waals surface area contributed by atoms with Gasteiger partial charge in [0.15, 0.2) is 5.75 Å². The summed E-state index contributed by atoms with van der Waals surface area (Å²) >= 11 is 11.7. The van der Waals surface area contributed by atoms with Crippen LogP contribution in [0, 0.1) is 6.92 Å². The van der Waals surface area contributed by atoms with E-state index in [1.54, 1.807) is 25.1 Å². The predicted octanol–water partition coefficient (Wildman–Crippen LogP) is 7.13. The maximum Gasteiger partial charge on any atom is 0.417 e. The molecule has 1 heterocycles. The van der Waals surface area contributed by atoms with E-state index in [0.29, 0.717) is 29.5 Å². The number of rotatable bonds is 9. The first-order valence-corrected chi connectivity index (χ1v) is 15.1. The number of halogens is 5. The molecule has 0 unspecified atom stereocenters. The highest BCUT2D eigenvalue weighted by molar-refractivity contribution is 7.92. The largest absolute Gasteiger partial charge is 0.455 e. The number of alkyl halides is 3. The van der Waals surface area contributed by atoms with Gasteiger partial charge in [0, 0.05) is 23.7 Å². The van der Waals surface area contributed by atoms with Gasteiger partial charge in [-0.25, -0.2) is 8.42 Å². The maximum atomic E-state index is 13.3. The Balaban J connectivity index is 1.49. The molecule has 1 aliphatic rings. The molecule has 0 spiro atoms. The zero-order valence-corrected chi connectivity index (χ0v) is 24.4. The van der Waals surface area contributed by atoms with Crippen LogP contribution in [0.1, 0.15) is 40.7 Å². The van der Waals surface area contributed by atoms with Gasteiger partial charge in [-0.2, -0.15) is 13.2 Å². The Morgan fingerprint density at radius 2 is 1.68 bits per heavy atom. The molecule has 0 saturated carbocycles. The predicted molar refractivity (Wildman–Crippen MR) is 153 cm³/mol. The van der Waals surface area contributed by atoms with Crippen LogP contribution >= 0.6 is 23.2 Å². The second-order valence-electron chi connectivity index (χ2n) is 9.63. The van der Waals surface area contributed by atoms with Crippen molar-refractivity contribution in [2.24, 2.45) is 0 Å². The molecule has 0 bridgehead atoms. The summed E-state index contributed by atoms with van der Waals surface area (Å²) in [5.41, 5.74) is -0.338. The van der Waals surface area contributed by atoms with Crippen LogP contribution in [0.5, 0.6) is 11.5 Å². The van der Waals surface area contributed by atoms with E-state index in [0.717, 1.165) is 31.8 Å². The fourth-order valence-electron chi connectivity index (χ4n) is 4.40. The molecular formula is C28H28Cl2F3N3O4S. The summed E-state index contributed by atoms with van der Waals surface area (Å²) in [4.78, 5) is 14.3. The Bertz CT molecular complexity index is 1530. The van der Waals surface area contributed by atoms with Crippen LogP contribution in [0.15, 0.2) is 59.5 Å². The van der Waals surface area contributed by atoms with Crippen LogP contribution in [-0.2, 0) is 16.2 Å². The Hall–Kier alpha value is -2.99. The van der Waals surface area contributed by atoms with Gasteiger partial charge >= 0.3 is 6.18 Å². The van der Waals surface area contributed by atoms with E-state index >= 15 is 0 Å². The highest BCUT2D eigenvalue weighted by Crippen LogP contribution is 2.38. The normalized spacial score (nSPS) is 14.5. The third-order valence-corrected chi connectivity index (χ3v) is 8.49. The summed E-state index contributed by atoms with van der Waals surface area (Å²) in [6, 6.07) is 11.3. The number of likely N-dealkylation sites (tertiary alicyclic amines) is 1. The summed E-state index contributed by atoms with van der Waals surface area (Å²) in [6.07, 6.45) is -1.26. The molecule has 3 aromatic carbocycles. The number of sulfonamides is 1. The molecule has 0 radical (unpaired) electrons. The van der Waals surface area contributed by atoms with E-state index in [2.05, 4.69) is 14.9 Å². The lowest BCUT2D eigenvalue weighted by atomic mass is 10.1. The molecule has 1 amide bonds. The molecule has 4 rings (SSSR count). The molecule has 41 heavy (non-hydrogen) atoms. The second-order valence-corrected chi connectivity index (χ2v) is 12.2. The van der Waals surface area contributed by atoms with Crippen LogP contribution in [-0.4, -0.2) is 45.4 Å². The number of hydrogen-bond donors (Lipinski definition) is 2. The fraction of sp³-hybridized carbons (Fsp3) is 0.321. The second kappa shape index (κ2) is 12.9. The fourth-order valence-corrected chi connectivity index (χ4v) is 5.88. The standard InChI is InChI=1S/C28H28Cl2F3N3O4S/c1-18-15-19(27(37)34-11-14-36-12-3-2-4-13-36)5-9-25(18)40-26-10-6-20(29)16-24(26)35-41(38,39)21-7-8-23(30)22(17-21)28(31,32)33/h5-10,15-17,35H,2-4,11-14H2,1H3,(H,34,37). The van der Waals surface area contributed by atoms with Crippen molar-refractivity contribution in [3.63, 3.8) is 0 Å². The Morgan fingerprint density at radius 1 is 0.976 bits per heavy atom. The number of anilines is 1. The molecule has 1 fully saturated rings. The maximum absolute atomic E-state index is 13.3. The summed E-state index contributed by atoms with van der Waals surface area (Å²) in [7, 11) is -4.49. The van der Waals surface area contributed by atoms with E-state index < -0.39 is 31.7 Å². The van der Waals surface area contributed by atoms with Gasteiger partial charge in [-0.1, -0.05) is 29.6 Å². The van der Waals surface area contributed by atoms with E-state index in [-0.39, 0.29) is 22.4 Å². The van der Waals surface area contributed by atoms with Crippen molar-refractivity contribution in [2.45, 2.75) is 37.3 Å². The molecular weight excluding hydrogens is 602 g/mol. The number of ether oxygens (including phenoxy) is 1. The van der Waals surface area contributed by atoms with Crippen molar-refractivity contribution in [1.82, 2.24) is 10.2 Å². The van der Waals surface area contributed by atoms with E-state index in [1.165, 1.54) is 37.5 Å². The van der Waals surface area contributed by atoms with E-state index in [4.69, 9.17) is 27.9 Å². The van der Waals surface area contributed by atoms with Crippen LogP contribution in [0.25, 0.3) is 0 Å². The van der Waals surface area contributed by atoms with Crippen molar-refractivity contribution < 1.29 is 31.1 Å². The van der Waals surface area contributed by atoms with Gasteiger partial charge in [-0.3, -0.25) is 9.52 Å². The summed E-state index contributed by atoms with van der Waals surface area (Å²) in [5, 5.41) is 2.46.